The Labute approximate surface area is 271 Å². The van der Waals surface area contributed by atoms with Crippen LogP contribution in [0.2, 0.25) is 5.02 Å². The molecule has 1 aliphatic rings. The van der Waals surface area contributed by atoms with Gasteiger partial charge in [0.25, 0.3) is 5.56 Å². The number of carbonyl (C=O) groups excluding carboxylic acids is 1. The predicted molar refractivity (Wildman–Crippen MR) is 175 cm³/mol. The summed E-state index contributed by atoms with van der Waals surface area (Å²) in [4.78, 5) is 31.6. The van der Waals surface area contributed by atoms with Crippen molar-refractivity contribution in [2.45, 2.75) is 26.5 Å². The molecule has 0 aliphatic carbocycles. The first-order valence-corrected chi connectivity index (χ1v) is 15.8. The molecule has 8 nitrogen and oxygen atoms in total. The van der Waals surface area contributed by atoms with Crippen LogP contribution in [-0.2, 0) is 16.1 Å². The highest BCUT2D eigenvalue weighted by Crippen LogP contribution is 2.35. The zero-order valence-electron chi connectivity index (χ0n) is 23.6. The van der Waals surface area contributed by atoms with E-state index in [1.54, 1.807) is 12.1 Å². The van der Waals surface area contributed by atoms with E-state index in [9.17, 15) is 9.59 Å². The average Bonchev–Trinajstić information content (AvgIpc) is 3.32. The van der Waals surface area contributed by atoms with Crippen LogP contribution in [0.4, 0.5) is 0 Å². The molecule has 3 aromatic carbocycles. The predicted octanol–water partition coefficient (Wildman–Crippen LogP) is 5.65. The summed E-state index contributed by atoms with van der Waals surface area (Å²) in [6.45, 7) is 5.07. The first-order valence-electron chi connectivity index (χ1n) is 13.5. The van der Waals surface area contributed by atoms with Gasteiger partial charge in [0, 0.05) is 11.2 Å². The lowest BCUT2D eigenvalue weighted by atomic mass is 9.97. The summed E-state index contributed by atoms with van der Waals surface area (Å²) < 4.78 is 25.5. The number of fused-ring (bicyclic) bond motifs is 1. The number of rotatable bonds is 10. The summed E-state index contributed by atoms with van der Waals surface area (Å²) in [6, 6.07) is 17.9. The van der Waals surface area contributed by atoms with Gasteiger partial charge in [-0.05, 0) is 95.6 Å². The van der Waals surface area contributed by atoms with Crippen molar-refractivity contribution in [1.29, 1.82) is 0 Å². The Bertz CT molecular complexity index is 1870. The third kappa shape index (κ3) is 6.81. The molecule has 0 fully saturated rings. The largest absolute Gasteiger partial charge is 0.490 e. The fourth-order valence-corrected chi connectivity index (χ4v) is 6.39. The van der Waals surface area contributed by atoms with Gasteiger partial charge in [-0.15, -0.1) is 0 Å². The van der Waals surface area contributed by atoms with E-state index in [1.807, 2.05) is 68.5 Å². The van der Waals surface area contributed by atoms with E-state index in [4.69, 9.17) is 30.5 Å². The van der Waals surface area contributed by atoms with Crippen LogP contribution in [0.5, 0.6) is 17.2 Å². The van der Waals surface area contributed by atoms with Gasteiger partial charge in [-0.1, -0.05) is 47.2 Å². The zero-order chi connectivity index (χ0) is 30.5. The molecule has 0 N–H and O–H groups in total. The van der Waals surface area contributed by atoms with Crippen molar-refractivity contribution in [3.63, 3.8) is 0 Å². The Hall–Kier alpha value is -3.61. The number of hydrogen-bond donors (Lipinski definition) is 0. The molecule has 1 atom stereocenters. The molecular formula is C32H28ClIN2O6S. The van der Waals surface area contributed by atoms with Crippen LogP contribution in [0, 0.1) is 3.57 Å². The number of methoxy groups -OCH3 is 1. The fourth-order valence-electron chi connectivity index (χ4n) is 4.60. The van der Waals surface area contributed by atoms with E-state index >= 15 is 0 Å². The molecule has 0 unspecified atom stereocenters. The average molecular weight is 731 g/mol. The van der Waals surface area contributed by atoms with Crippen molar-refractivity contribution in [1.82, 2.24) is 4.57 Å². The van der Waals surface area contributed by atoms with Gasteiger partial charge in [0.1, 0.15) is 12.4 Å². The summed E-state index contributed by atoms with van der Waals surface area (Å²) >= 11 is 9.45. The Balaban J connectivity index is 1.51. The van der Waals surface area contributed by atoms with Crippen LogP contribution >= 0.6 is 45.5 Å². The van der Waals surface area contributed by atoms with Gasteiger partial charge in [-0.25, -0.2) is 9.79 Å². The lowest BCUT2D eigenvalue weighted by molar-refractivity contribution is -0.136. The first kappa shape index (κ1) is 30.8. The van der Waals surface area contributed by atoms with Crippen LogP contribution in [0.15, 0.2) is 82.2 Å². The molecule has 11 heteroatoms. The summed E-state index contributed by atoms with van der Waals surface area (Å²) in [5.74, 6) is 1.27. The Kier molecular flexibility index (Phi) is 9.89. The van der Waals surface area contributed by atoms with Gasteiger partial charge in [0.15, 0.2) is 16.3 Å². The van der Waals surface area contributed by atoms with Gasteiger partial charge in [-0.2, -0.15) is 0 Å². The number of hydrogen-bond acceptors (Lipinski definition) is 8. The first-order chi connectivity index (χ1) is 20.8. The fraction of sp³-hybridized carbons (Fsp3) is 0.219. The normalized spacial score (nSPS) is 14.4. The van der Waals surface area contributed by atoms with E-state index in [-0.39, 0.29) is 11.1 Å². The number of ether oxygens (including phenoxy) is 4. The highest BCUT2D eigenvalue weighted by molar-refractivity contribution is 14.1. The summed E-state index contributed by atoms with van der Waals surface area (Å²) in [6.07, 6.45) is 3.29. The quantitative estimate of drug-likeness (QED) is 0.155. The van der Waals surface area contributed by atoms with E-state index < -0.39 is 12.0 Å². The molecule has 2 heterocycles. The molecule has 4 aromatic rings. The molecular weight excluding hydrogens is 703 g/mol. The lowest BCUT2D eigenvalue weighted by Crippen LogP contribution is -2.39. The molecule has 0 radical (unpaired) electrons. The van der Waals surface area contributed by atoms with E-state index in [2.05, 4.69) is 27.6 Å². The molecule has 222 valence electrons. The van der Waals surface area contributed by atoms with Gasteiger partial charge < -0.3 is 18.9 Å². The molecule has 0 saturated heterocycles. The highest BCUT2D eigenvalue weighted by Gasteiger charge is 2.31. The molecule has 0 saturated carbocycles. The topological polar surface area (TPSA) is 88.4 Å². The molecule has 0 bridgehead atoms. The van der Waals surface area contributed by atoms with Gasteiger partial charge in [0.2, 0.25) is 0 Å². The highest BCUT2D eigenvalue weighted by atomic mass is 127. The Morgan fingerprint density at radius 3 is 2.42 bits per heavy atom. The second-order valence-corrected chi connectivity index (χ2v) is 12.0. The number of esters is 1. The number of nitrogens with zero attached hydrogens (tertiary/aromatic N) is 2. The molecule has 5 rings (SSSR count). The Morgan fingerprint density at radius 1 is 1.00 bits per heavy atom. The summed E-state index contributed by atoms with van der Waals surface area (Å²) in [5.41, 5.74) is 2.48. The van der Waals surface area contributed by atoms with E-state index in [0.29, 0.717) is 51.2 Å². The number of aromatic nitrogens is 1. The van der Waals surface area contributed by atoms with E-state index in [1.165, 1.54) is 29.2 Å². The van der Waals surface area contributed by atoms with Gasteiger partial charge in [-0.3, -0.25) is 9.36 Å². The van der Waals surface area contributed by atoms with Crippen LogP contribution in [0.25, 0.3) is 6.08 Å². The third-order valence-corrected chi connectivity index (χ3v) is 8.66. The van der Waals surface area contributed by atoms with Crippen LogP contribution in [0.1, 0.15) is 36.6 Å². The van der Waals surface area contributed by atoms with Crippen molar-refractivity contribution >= 4 is 57.6 Å². The lowest BCUT2D eigenvalue weighted by Gasteiger charge is -2.23. The smallest absolute Gasteiger partial charge is 0.337 e. The molecule has 43 heavy (non-hydrogen) atoms. The minimum absolute atomic E-state index is 0.241. The minimum atomic E-state index is -0.760. The zero-order valence-corrected chi connectivity index (χ0v) is 27.4. The van der Waals surface area contributed by atoms with Crippen molar-refractivity contribution < 1.29 is 23.7 Å². The number of benzene rings is 3. The van der Waals surface area contributed by atoms with Crippen LogP contribution in [0.3, 0.4) is 0 Å². The Morgan fingerprint density at radius 2 is 1.72 bits per heavy atom. The SMILES string of the molecule is CCOc1ccc([C@H]2C(C(=O)OC)=CN=c3s/c(=C\c4ccc(OCc5ccc(Cl)cc5)c(I)c4)c(=O)n32)cc1OCC. The molecule has 1 aliphatic heterocycles. The summed E-state index contributed by atoms with van der Waals surface area (Å²) in [5, 5.41) is 0.676. The number of halogens is 2. The molecule has 1 aromatic heterocycles. The van der Waals surface area contributed by atoms with Crippen LogP contribution < -0.4 is 29.1 Å². The summed E-state index contributed by atoms with van der Waals surface area (Å²) in [7, 11) is 1.31. The number of thiazole rings is 1. The molecule has 0 spiro atoms. The van der Waals surface area contributed by atoms with Gasteiger partial charge in [0.05, 0.1) is 40.0 Å². The maximum atomic E-state index is 13.9. The molecule has 0 amide bonds. The third-order valence-electron chi connectivity index (χ3n) is 6.57. The van der Waals surface area contributed by atoms with E-state index in [0.717, 1.165) is 20.4 Å². The second-order valence-electron chi connectivity index (χ2n) is 9.35. The van der Waals surface area contributed by atoms with Crippen molar-refractivity contribution in [2.24, 2.45) is 4.99 Å². The van der Waals surface area contributed by atoms with Gasteiger partial charge >= 0.3 is 5.97 Å². The standard InChI is InChI=1S/C32H28ClIN2O6S/c1-4-40-26-13-9-21(16-27(26)41-5-2)29-23(31(38)39-3)17-35-32-36(29)30(37)28(43-32)15-20-8-12-25(24(34)14-20)42-18-19-6-10-22(33)11-7-19/h6-17,29H,4-5,18H2,1-3H3/b28-15-/t29-/m0/s1. The maximum Gasteiger partial charge on any atom is 0.337 e. The maximum absolute atomic E-state index is 13.9. The number of carbonyl (C=O) groups is 1. The van der Waals surface area contributed by atoms with Crippen LogP contribution in [-0.4, -0.2) is 30.9 Å². The van der Waals surface area contributed by atoms with Crippen molar-refractivity contribution in [3.8, 4) is 17.2 Å². The minimum Gasteiger partial charge on any atom is -0.490 e. The monoisotopic (exact) mass is 730 g/mol. The van der Waals surface area contributed by atoms with Crippen molar-refractivity contribution in [2.75, 3.05) is 20.3 Å². The second kappa shape index (κ2) is 13.8. The van der Waals surface area contributed by atoms with Crippen molar-refractivity contribution in [3.05, 3.63) is 117 Å².